The van der Waals surface area contributed by atoms with E-state index in [0.717, 1.165) is 31.2 Å². The molecule has 3 rings (SSSR count). The number of hydrogen-bond donors (Lipinski definition) is 3. The molecule has 0 bridgehead atoms. The molecule has 1 aliphatic carbocycles. The van der Waals surface area contributed by atoms with Crippen molar-refractivity contribution >= 4 is 17.8 Å². The van der Waals surface area contributed by atoms with Crippen LogP contribution in [0.4, 0.5) is 9.18 Å². The molecule has 1 heterocycles. The highest BCUT2D eigenvalue weighted by atomic mass is 19.1. The second kappa shape index (κ2) is 8.80. The first-order chi connectivity index (χ1) is 13.8. The van der Waals surface area contributed by atoms with Gasteiger partial charge in [-0.25, -0.2) is 9.18 Å². The van der Waals surface area contributed by atoms with E-state index < -0.39 is 11.6 Å². The van der Waals surface area contributed by atoms with Crippen LogP contribution in [-0.2, 0) is 16.1 Å². The third kappa shape index (κ3) is 5.25. The average molecular weight is 404 g/mol. The summed E-state index contributed by atoms with van der Waals surface area (Å²) in [4.78, 5) is 39.4. The van der Waals surface area contributed by atoms with Crippen molar-refractivity contribution < 1.29 is 18.8 Å². The van der Waals surface area contributed by atoms with E-state index in [1.807, 2.05) is 0 Å². The van der Waals surface area contributed by atoms with Crippen LogP contribution >= 0.6 is 0 Å². The lowest BCUT2D eigenvalue weighted by atomic mass is 9.97. The van der Waals surface area contributed by atoms with Gasteiger partial charge in [0, 0.05) is 19.0 Å². The molecule has 158 valence electrons. The van der Waals surface area contributed by atoms with Crippen LogP contribution in [0.2, 0.25) is 0 Å². The van der Waals surface area contributed by atoms with Gasteiger partial charge in [-0.3, -0.25) is 9.59 Å². The maximum Gasteiger partial charge on any atom is 0.317 e. The number of rotatable bonds is 4. The minimum atomic E-state index is -0.790. The van der Waals surface area contributed by atoms with Crippen LogP contribution in [0.5, 0.6) is 0 Å². The number of nitrogens with one attached hydrogen (secondary N) is 3. The van der Waals surface area contributed by atoms with Crippen molar-refractivity contribution in [3.63, 3.8) is 0 Å². The van der Waals surface area contributed by atoms with E-state index in [1.54, 1.807) is 30.9 Å². The Hall–Kier alpha value is -2.64. The average Bonchev–Trinajstić information content (AvgIpc) is 3.08. The van der Waals surface area contributed by atoms with Crippen LogP contribution in [-0.4, -0.2) is 47.4 Å². The molecule has 1 spiro atoms. The van der Waals surface area contributed by atoms with E-state index in [2.05, 4.69) is 16.0 Å². The lowest BCUT2D eigenvalue weighted by Gasteiger charge is -2.32. The highest BCUT2D eigenvalue weighted by Crippen LogP contribution is 2.32. The van der Waals surface area contributed by atoms with Gasteiger partial charge in [0.05, 0.1) is 12.1 Å². The largest absolute Gasteiger partial charge is 0.347 e. The van der Waals surface area contributed by atoms with Crippen molar-refractivity contribution in [2.24, 2.45) is 5.92 Å². The molecule has 4 amide bonds. The third-order valence-corrected chi connectivity index (χ3v) is 5.65. The van der Waals surface area contributed by atoms with E-state index in [0.29, 0.717) is 6.54 Å². The van der Waals surface area contributed by atoms with Gasteiger partial charge in [0.2, 0.25) is 11.8 Å². The molecule has 1 aromatic rings. The summed E-state index contributed by atoms with van der Waals surface area (Å²) in [5, 5.41) is 8.71. The highest BCUT2D eigenvalue weighted by molar-refractivity contribution is 5.90. The Morgan fingerprint density at radius 2 is 1.90 bits per heavy atom. The Bertz CT molecular complexity index is 760. The smallest absolute Gasteiger partial charge is 0.317 e. The van der Waals surface area contributed by atoms with Crippen molar-refractivity contribution in [2.75, 3.05) is 13.1 Å². The number of amides is 4. The quantitative estimate of drug-likeness (QED) is 0.716. The molecule has 1 atom stereocenters. The summed E-state index contributed by atoms with van der Waals surface area (Å²) < 4.78 is 13.1. The van der Waals surface area contributed by atoms with Gasteiger partial charge in [-0.05, 0) is 30.5 Å². The van der Waals surface area contributed by atoms with Crippen LogP contribution in [0.3, 0.4) is 0 Å². The van der Waals surface area contributed by atoms with E-state index in [-0.39, 0.29) is 42.7 Å². The van der Waals surface area contributed by atoms with E-state index >= 15 is 0 Å². The molecule has 7 nitrogen and oxygen atoms in total. The van der Waals surface area contributed by atoms with Crippen LogP contribution in [0.15, 0.2) is 24.3 Å². The zero-order valence-corrected chi connectivity index (χ0v) is 17.0. The molecule has 2 fully saturated rings. The predicted octanol–water partition coefficient (Wildman–Crippen LogP) is 1.92. The summed E-state index contributed by atoms with van der Waals surface area (Å²) in [5.41, 5.74) is 0.339. The van der Waals surface area contributed by atoms with Gasteiger partial charge in [0.1, 0.15) is 11.9 Å². The summed E-state index contributed by atoms with van der Waals surface area (Å²) in [7, 11) is 0. The van der Waals surface area contributed by atoms with Crippen molar-refractivity contribution in [2.45, 2.75) is 57.7 Å². The number of halogens is 1. The number of carbonyl (C=O) groups is 3. The van der Waals surface area contributed by atoms with E-state index in [4.69, 9.17) is 0 Å². The van der Waals surface area contributed by atoms with E-state index in [1.165, 1.54) is 12.1 Å². The molecule has 1 unspecified atom stereocenters. The minimum absolute atomic E-state index is 0.112. The molecule has 0 aromatic heterocycles. The van der Waals surface area contributed by atoms with Crippen LogP contribution < -0.4 is 16.0 Å². The molecule has 1 saturated carbocycles. The highest BCUT2D eigenvalue weighted by Gasteiger charge is 2.43. The number of nitrogens with zero attached hydrogens (tertiary/aromatic N) is 1. The SMILES string of the molecule is CC(C)C(=O)NC1CN(C(=O)NCc2ccc(F)cc2)CC2(CCCC2)NC1=O. The van der Waals surface area contributed by atoms with Gasteiger partial charge < -0.3 is 20.9 Å². The molecule has 0 radical (unpaired) electrons. The molecule has 2 aliphatic rings. The monoisotopic (exact) mass is 404 g/mol. The molecular weight excluding hydrogens is 375 g/mol. The van der Waals surface area contributed by atoms with Gasteiger partial charge in [-0.15, -0.1) is 0 Å². The fraction of sp³-hybridized carbons (Fsp3) is 0.571. The summed E-state index contributed by atoms with van der Waals surface area (Å²) in [6.07, 6.45) is 3.61. The molecule has 3 N–H and O–H groups in total. The fourth-order valence-corrected chi connectivity index (χ4v) is 3.95. The number of urea groups is 1. The van der Waals surface area contributed by atoms with Gasteiger partial charge in [-0.2, -0.15) is 0 Å². The molecule has 29 heavy (non-hydrogen) atoms. The van der Waals surface area contributed by atoms with Gasteiger partial charge in [0.15, 0.2) is 0 Å². The summed E-state index contributed by atoms with van der Waals surface area (Å²) in [6.45, 7) is 4.29. The predicted molar refractivity (Wildman–Crippen MR) is 106 cm³/mol. The van der Waals surface area contributed by atoms with Crippen molar-refractivity contribution in [1.29, 1.82) is 0 Å². The molecule has 1 aliphatic heterocycles. The fourth-order valence-electron chi connectivity index (χ4n) is 3.95. The standard InChI is InChI=1S/C21H29FN4O3/c1-14(2)18(27)24-17-12-26(13-21(25-19(17)28)9-3-4-10-21)20(29)23-11-15-5-7-16(22)8-6-15/h5-8,14,17H,3-4,9-13H2,1-2H3,(H,23,29)(H,24,27)(H,25,28). The lowest BCUT2D eigenvalue weighted by Crippen LogP contribution is -2.54. The first kappa shape index (κ1) is 21.1. The van der Waals surface area contributed by atoms with Crippen molar-refractivity contribution in [1.82, 2.24) is 20.9 Å². The van der Waals surface area contributed by atoms with Crippen LogP contribution in [0.1, 0.15) is 45.1 Å². The molecular formula is C21H29FN4O3. The maximum atomic E-state index is 13.1. The van der Waals surface area contributed by atoms with Crippen molar-refractivity contribution in [3.05, 3.63) is 35.6 Å². The zero-order valence-electron chi connectivity index (χ0n) is 17.0. The third-order valence-electron chi connectivity index (χ3n) is 5.65. The van der Waals surface area contributed by atoms with Gasteiger partial charge >= 0.3 is 6.03 Å². The van der Waals surface area contributed by atoms with E-state index in [9.17, 15) is 18.8 Å². The van der Waals surface area contributed by atoms with Crippen molar-refractivity contribution in [3.8, 4) is 0 Å². The number of hydrogen-bond acceptors (Lipinski definition) is 3. The second-order valence-electron chi connectivity index (χ2n) is 8.36. The topological polar surface area (TPSA) is 90.5 Å². The molecule has 1 aromatic carbocycles. The van der Waals surface area contributed by atoms with Crippen LogP contribution in [0.25, 0.3) is 0 Å². The van der Waals surface area contributed by atoms with Crippen LogP contribution in [0, 0.1) is 11.7 Å². The number of carbonyl (C=O) groups excluding carboxylic acids is 3. The van der Waals surface area contributed by atoms with Gasteiger partial charge in [-0.1, -0.05) is 38.8 Å². The minimum Gasteiger partial charge on any atom is -0.347 e. The number of benzene rings is 1. The normalized spacial score (nSPS) is 21.0. The lowest BCUT2D eigenvalue weighted by molar-refractivity contribution is -0.131. The molecule has 8 heteroatoms. The second-order valence-corrected chi connectivity index (χ2v) is 8.36. The summed E-state index contributed by atoms with van der Waals surface area (Å²) >= 11 is 0. The first-order valence-corrected chi connectivity index (χ1v) is 10.2. The Kier molecular flexibility index (Phi) is 6.39. The Morgan fingerprint density at radius 3 is 2.52 bits per heavy atom. The maximum absolute atomic E-state index is 13.1. The Balaban J connectivity index is 1.72. The molecule has 1 saturated heterocycles. The summed E-state index contributed by atoms with van der Waals surface area (Å²) in [6, 6.07) is 4.84. The van der Waals surface area contributed by atoms with Gasteiger partial charge in [0.25, 0.3) is 0 Å². The first-order valence-electron chi connectivity index (χ1n) is 10.2. The Labute approximate surface area is 170 Å². The zero-order chi connectivity index (χ0) is 21.0. The summed E-state index contributed by atoms with van der Waals surface area (Å²) in [5.74, 6) is -1.05. The Morgan fingerprint density at radius 1 is 1.24 bits per heavy atom.